The Bertz CT molecular complexity index is 797. The number of benzene rings is 2. The molecule has 0 unspecified atom stereocenters. The van der Waals surface area contributed by atoms with E-state index in [1.54, 1.807) is 6.07 Å². The molecule has 0 bridgehead atoms. The summed E-state index contributed by atoms with van der Waals surface area (Å²) >= 11 is 1.44. The van der Waals surface area contributed by atoms with Crippen molar-refractivity contribution in [1.82, 2.24) is 5.32 Å². The summed E-state index contributed by atoms with van der Waals surface area (Å²) in [5.74, 6) is 0.675. The Kier molecular flexibility index (Phi) is 6.70. The molecule has 0 saturated heterocycles. The number of nitrogens with one attached hydrogen (secondary N) is 1. The van der Waals surface area contributed by atoms with Gasteiger partial charge in [0.25, 0.3) is 5.91 Å². The second-order valence-electron chi connectivity index (χ2n) is 6.33. The third-order valence-corrected chi connectivity index (χ3v) is 5.31. The number of hydrogen-bond acceptors (Lipinski definition) is 4. The SMILES string of the molecule is N#Cc1ccccc1Sc1ccccc1C(=O)NCCCOCC1CC1. The minimum absolute atomic E-state index is 0.0928. The van der Waals surface area contributed by atoms with Crippen LogP contribution in [0.25, 0.3) is 0 Å². The second kappa shape index (κ2) is 9.42. The molecular weight excluding hydrogens is 344 g/mol. The van der Waals surface area contributed by atoms with Crippen molar-refractivity contribution in [3.05, 3.63) is 59.7 Å². The zero-order valence-corrected chi connectivity index (χ0v) is 15.4. The normalized spacial score (nSPS) is 13.2. The maximum Gasteiger partial charge on any atom is 0.252 e. The van der Waals surface area contributed by atoms with Crippen molar-refractivity contribution in [2.45, 2.75) is 29.1 Å². The number of carbonyl (C=O) groups is 1. The van der Waals surface area contributed by atoms with Crippen LogP contribution in [-0.4, -0.2) is 25.7 Å². The van der Waals surface area contributed by atoms with Gasteiger partial charge in [0.15, 0.2) is 0 Å². The summed E-state index contributed by atoms with van der Waals surface area (Å²) in [6, 6.07) is 17.1. The Hall–Kier alpha value is -2.29. The van der Waals surface area contributed by atoms with E-state index in [0.29, 0.717) is 24.3 Å². The highest BCUT2D eigenvalue weighted by Crippen LogP contribution is 2.32. The lowest BCUT2D eigenvalue weighted by Gasteiger charge is -2.11. The molecule has 26 heavy (non-hydrogen) atoms. The number of carbonyl (C=O) groups excluding carboxylic acids is 1. The van der Waals surface area contributed by atoms with Crippen LogP contribution >= 0.6 is 11.8 Å². The van der Waals surface area contributed by atoms with Crippen molar-refractivity contribution in [3.63, 3.8) is 0 Å². The highest BCUT2D eigenvalue weighted by molar-refractivity contribution is 7.99. The number of nitrogens with zero attached hydrogens (tertiary/aromatic N) is 1. The lowest BCUT2D eigenvalue weighted by Crippen LogP contribution is -2.25. The molecule has 1 amide bonds. The average molecular weight is 366 g/mol. The van der Waals surface area contributed by atoms with Crippen molar-refractivity contribution >= 4 is 17.7 Å². The van der Waals surface area contributed by atoms with Gasteiger partial charge in [-0.25, -0.2) is 0 Å². The molecule has 2 aromatic rings. The van der Waals surface area contributed by atoms with Crippen LogP contribution in [-0.2, 0) is 4.74 Å². The molecule has 3 rings (SSSR count). The zero-order valence-electron chi connectivity index (χ0n) is 14.6. The smallest absolute Gasteiger partial charge is 0.252 e. The number of rotatable bonds is 9. The van der Waals surface area contributed by atoms with E-state index < -0.39 is 0 Å². The predicted molar refractivity (Wildman–Crippen MR) is 102 cm³/mol. The van der Waals surface area contributed by atoms with Gasteiger partial charge in [-0.1, -0.05) is 36.0 Å². The summed E-state index contributed by atoms with van der Waals surface area (Å²) in [6.07, 6.45) is 3.39. The molecule has 1 aliphatic rings. The van der Waals surface area contributed by atoms with Crippen LogP contribution in [0.5, 0.6) is 0 Å². The lowest BCUT2D eigenvalue weighted by atomic mass is 10.2. The molecule has 1 aliphatic carbocycles. The minimum atomic E-state index is -0.0928. The number of hydrogen-bond donors (Lipinski definition) is 1. The van der Waals surface area contributed by atoms with Crippen LogP contribution in [0.15, 0.2) is 58.3 Å². The zero-order chi connectivity index (χ0) is 18.2. The molecule has 1 fully saturated rings. The van der Waals surface area contributed by atoms with E-state index in [2.05, 4.69) is 11.4 Å². The van der Waals surface area contributed by atoms with Crippen LogP contribution < -0.4 is 5.32 Å². The van der Waals surface area contributed by atoms with Gasteiger partial charge in [0.2, 0.25) is 0 Å². The topological polar surface area (TPSA) is 62.1 Å². The summed E-state index contributed by atoms with van der Waals surface area (Å²) in [7, 11) is 0. The van der Waals surface area contributed by atoms with Crippen LogP contribution in [0.1, 0.15) is 35.2 Å². The maximum absolute atomic E-state index is 12.5. The fourth-order valence-electron chi connectivity index (χ4n) is 2.52. The van der Waals surface area contributed by atoms with Crippen molar-refractivity contribution < 1.29 is 9.53 Å². The summed E-state index contributed by atoms with van der Waals surface area (Å²) in [4.78, 5) is 14.2. The lowest BCUT2D eigenvalue weighted by molar-refractivity contribution is 0.0934. The van der Waals surface area contributed by atoms with Gasteiger partial charge in [-0.15, -0.1) is 0 Å². The van der Waals surface area contributed by atoms with Crippen LogP contribution in [0.3, 0.4) is 0 Å². The summed E-state index contributed by atoms with van der Waals surface area (Å²) in [6.45, 7) is 2.13. The van der Waals surface area contributed by atoms with Gasteiger partial charge in [-0.05, 0) is 49.4 Å². The van der Waals surface area contributed by atoms with Crippen LogP contribution in [0, 0.1) is 17.2 Å². The van der Waals surface area contributed by atoms with Crippen molar-refractivity contribution in [1.29, 1.82) is 5.26 Å². The number of nitriles is 1. The molecule has 134 valence electrons. The van der Waals surface area contributed by atoms with E-state index in [0.717, 1.165) is 28.7 Å². The number of ether oxygens (including phenoxy) is 1. The summed E-state index contributed by atoms with van der Waals surface area (Å²) in [5, 5.41) is 12.2. The Morgan fingerprint density at radius 2 is 1.88 bits per heavy atom. The summed E-state index contributed by atoms with van der Waals surface area (Å²) < 4.78 is 5.59. The largest absolute Gasteiger partial charge is 0.381 e. The van der Waals surface area contributed by atoms with Gasteiger partial charge in [0.1, 0.15) is 6.07 Å². The van der Waals surface area contributed by atoms with E-state index in [1.165, 1.54) is 24.6 Å². The highest BCUT2D eigenvalue weighted by atomic mass is 32.2. The third kappa shape index (κ3) is 5.35. The van der Waals surface area contributed by atoms with Gasteiger partial charge in [0, 0.05) is 29.5 Å². The number of amides is 1. The van der Waals surface area contributed by atoms with Crippen molar-refractivity contribution in [2.75, 3.05) is 19.8 Å². The first-order chi connectivity index (χ1) is 12.8. The van der Waals surface area contributed by atoms with Gasteiger partial charge in [-0.2, -0.15) is 5.26 Å². The molecular formula is C21H22N2O2S. The molecule has 4 nitrogen and oxygen atoms in total. The minimum Gasteiger partial charge on any atom is -0.381 e. The quantitative estimate of drug-likeness (QED) is 0.674. The summed E-state index contributed by atoms with van der Waals surface area (Å²) in [5.41, 5.74) is 1.24. The molecule has 0 aromatic heterocycles. The second-order valence-corrected chi connectivity index (χ2v) is 7.42. The first-order valence-corrected chi connectivity index (χ1v) is 9.71. The van der Waals surface area contributed by atoms with Gasteiger partial charge >= 0.3 is 0 Å². The first-order valence-electron chi connectivity index (χ1n) is 8.90. The fourth-order valence-corrected chi connectivity index (χ4v) is 3.54. The molecule has 0 aliphatic heterocycles. The van der Waals surface area contributed by atoms with E-state index in [9.17, 15) is 10.1 Å². The van der Waals surface area contributed by atoms with E-state index in [1.807, 2.05) is 42.5 Å². The molecule has 0 spiro atoms. The standard InChI is InChI=1S/C21H22N2O2S/c22-14-17-6-1-3-8-19(17)26-20-9-4-2-7-18(20)21(24)23-12-5-13-25-15-16-10-11-16/h1-4,6-9,16H,5,10-13,15H2,(H,23,24). The average Bonchev–Trinajstić information content (AvgIpc) is 3.49. The van der Waals surface area contributed by atoms with E-state index in [4.69, 9.17) is 4.74 Å². The third-order valence-electron chi connectivity index (χ3n) is 4.16. The molecule has 5 heteroatoms. The highest BCUT2D eigenvalue weighted by Gasteiger charge is 2.20. The molecule has 0 atom stereocenters. The Balaban J connectivity index is 1.55. The first kappa shape index (κ1) is 18.5. The molecule has 0 heterocycles. The Morgan fingerprint density at radius 1 is 1.15 bits per heavy atom. The van der Waals surface area contributed by atoms with Crippen LogP contribution in [0.4, 0.5) is 0 Å². The Labute approximate surface area is 158 Å². The van der Waals surface area contributed by atoms with E-state index >= 15 is 0 Å². The van der Waals surface area contributed by atoms with Gasteiger partial charge < -0.3 is 10.1 Å². The van der Waals surface area contributed by atoms with Crippen molar-refractivity contribution in [3.8, 4) is 6.07 Å². The van der Waals surface area contributed by atoms with Crippen LogP contribution in [0.2, 0.25) is 0 Å². The fraction of sp³-hybridized carbons (Fsp3) is 0.333. The van der Waals surface area contributed by atoms with Gasteiger partial charge in [-0.3, -0.25) is 4.79 Å². The van der Waals surface area contributed by atoms with E-state index in [-0.39, 0.29) is 5.91 Å². The van der Waals surface area contributed by atoms with Crippen molar-refractivity contribution in [2.24, 2.45) is 5.92 Å². The molecule has 1 N–H and O–H groups in total. The van der Waals surface area contributed by atoms with Gasteiger partial charge in [0.05, 0.1) is 11.1 Å². The molecule has 2 aromatic carbocycles. The monoisotopic (exact) mass is 366 g/mol. The maximum atomic E-state index is 12.5. The Morgan fingerprint density at radius 3 is 2.65 bits per heavy atom. The molecule has 1 saturated carbocycles. The molecule has 0 radical (unpaired) electrons. The predicted octanol–water partition coefficient (Wildman–Crippen LogP) is 4.26.